The van der Waals surface area contributed by atoms with Gasteiger partial charge < -0.3 is 5.73 Å². The van der Waals surface area contributed by atoms with Gasteiger partial charge in [0.05, 0.1) is 6.04 Å². The fourth-order valence-corrected chi connectivity index (χ4v) is 1.83. The van der Waals surface area contributed by atoms with E-state index in [-0.39, 0.29) is 0 Å². The van der Waals surface area contributed by atoms with E-state index < -0.39 is 11.2 Å². The third kappa shape index (κ3) is 1.83. The van der Waals surface area contributed by atoms with Gasteiger partial charge in [0, 0.05) is 5.57 Å². The molecular weight excluding hydrogens is 213 g/mol. The Labute approximate surface area is 93.0 Å². The van der Waals surface area contributed by atoms with Gasteiger partial charge >= 0.3 is 0 Å². The predicted octanol–water partition coefficient (Wildman–Crippen LogP) is 2.87. The van der Waals surface area contributed by atoms with Gasteiger partial charge in [-0.15, -0.1) is 0 Å². The third-order valence-electron chi connectivity index (χ3n) is 2.44. The first-order chi connectivity index (χ1) is 7.12. The van der Waals surface area contributed by atoms with Crippen molar-refractivity contribution in [2.75, 3.05) is 0 Å². The van der Waals surface area contributed by atoms with E-state index in [9.17, 15) is 4.39 Å². The van der Waals surface area contributed by atoms with Crippen molar-refractivity contribution in [3.8, 4) is 0 Å². The molecule has 2 rings (SSSR count). The summed E-state index contributed by atoms with van der Waals surface area (Å²) in [7, 11) is 0. The Bertz CT molecular complexity index is 409. The molecule has 1 aromatic carbocycles. The van der Waals surface area contributed by atoms with E-state index in [1.165, 1.54) is 0 Å². The maximum Gasteiger partial charge on any atom is 0.227 e. The van der Waals surface area contributed by atoms with Gasteiger partial charge in [-0.2, -0.15) is 0 Å². The van der Waals surface area contributed by atoms with Crippen LogP contribution in [0.1, 0.15) is 5.56 Å². The minimum atomic E-state index is -2.02. The molecule has 2 N–H and O–H groups in total. The quantitative estimate of drug-likeness (QED) is 0.728. The van der Waals surface area contributed by atoms with Crippen LogP contribution in [0.25, 0.3) is 5.57 Å². The largest absolute Gasteiger partial charge is 0.320 e. The van der Waals surface area contributed by atoms with Gasteiger partial charge in [-0.25, -0.2) is 4.39 Å². The fourth-order valence-electron chi connectivity index (χ4n) is 1.59. The molecule has 0 spiro atoms. The monoisotopic (exact) mass is 223 g/mol. The first-order valence-corrected chi connectivity index (χ1v) is 5.08. The Kier molecular flexibility index (Phi) is 2.63. The standard InChI is InChI=1S/C12H11ClFN/c13-12(14)10(7-4-8-11(12)15)9-5-2-1-3-6-9/h1-8,11H,15H2. The highest BCUT2D eigenvalue weighted by Gasteiger charge is 2.39. The molecule has 2 atom stereocenters. The molecule has 0 bridgehead atoms. The SMILES string of the molecule is NC1C=CC=C(c2ccccc2)C1(F)Cl. The van der Waals surface area contributed by atoms with Crippen LogP contribution >= 0.6 is 11.6 Å². The van der Waals surface area contributed by atoms with Gasteiger partial charge in [0.1, 0.15) is 0 Å². The minimum absolute atomic E-state index is 0.416. The average Bonchev–Trinajstić information content (AvgIpc) is 2.23. The smallest absolute Gasteiger partial charge is 0.227 e. The number of allylic oxidation sites excluding steroid dienone is 2. The van der Waals surface area contributed by atoms with E-state index in [0.717, 1.165) is 5.56 Å². The zero-order valence-electron chi connectivity index (χ0n) is 8.03. The van der Waals surface area contributed by atoms with Crippen LogP contribution in [0.2, 0.25) is 0 Å². The molecule has 1 aromatic rings. The van der Waals surface area contributed by atoms with Crippen molar-refractivity contribution >= 4 is 17.2 Å². The molecule has 1 nitrogen and oxygen atoms in total. The van der Waals surface area contributed by atoms with Gasteiger partial charge in [0.15, 0.2) is 0 Å². The summed E-state index contributed by atoms with van der Waals surface area (Å²) in [4.78, 5) is 0. The molecule has 15 heavy (non-hydrogen) atoms. The van der Waals surface area contributed by atoms with Crippen molar-refractivity contribution in [1.82, 2.24) is 0 Å². The van der Waals surface area contributed by atoms with Crippen LogP contribution in [0.5, 0.6) is 0 Å². The second-order valence-electron chi connectivity index (χ2n) is 3.48. The zero-order chi connectivity index (χ0) is 10.9. The zero-order valence-corrected chi connectivity index (χ0v) is 8.79. The number of alkyl halides is 2. The van der Waals surface area contributed by atoms with Crippen molar-refractivity contribution < 1.29 is 4.39 Å². The summed E-state index contributed by atoms with van der Waals surface area (Å²) in [5.41, 5.74) is 6.78. The van der Waals surface area contributed by atoms with Crippen LogP contribution in [0.15, 0.2) is 48.6 Å². The summed E-state index contributed by atoms with van der Waals surface area (Å²) in [6.07, 6.45) is 4.94. The number of hydrogen-bond acceptors (Lipinski definition) is 1. The lowest BCUT2D eigenvalue weighted by molar-refractivity contribution is 0.328. The number of hydrogen-bond donors (Lipinski definition) is 1. The second-order valence-corrected chi connectivity index (χ2v) is 4.03. The summed E-state index contributed by atoms with van der Waals surface area (Å²) in [5.74, 6) is 0. The molecular formula is C12H11ClFN. The average molecular weight is 224 g/mol. The van der Waals surface area contributed by atoms with Gasteiger partial charge in [0.25, 0.3) is 0 Å². The maximum atomic E-state index is 14.1. The van der Waals surface area contributed by atoms with Crippen LogP contribution < -0.4 is 5.73 Å². The molecule has 1 aliphatic carbocycles. The highest BCUT2D eigenvalue weighted by Crippen LogP contribution is 2.39. The van der Waals surface area contributed by atoms with Crippen LogP contribution in [-0.4, -0.2) is 11.2 Å². The minimum Gasteiger partial charge on any atom is -0.320 e. The van der Waals surface area contributed by atoms with E-state index in [2.05, 4.69) is 0 Å². The molecule has 0 amide bonds. The number of rotatable bonds is 1. The topological polar surface area (TPSA) is 26.0 Å². The van der Waals surface area contributed by atoms with Crippen molar-refractivity contribution in [1.29, 1.82) is 0 Å². The van der Waals surface area contributed by atoms with Crippen molar-refractivity contribution in [3.63, 3.8) is 0 Å². The van der Waals surface area contributed by atoms with E-state index in [1.807, 2.05) is 30.3 Å². The van der Waals surface area contributed by atoms with Gasteiger partial charge in [-0.05, 0) is 5.56 Å². The Morgan fingerprint density at radius 3 is 2.60 bits per heavy atom. The number of nitrogens with two attached hydrogens (primary N) is 1. The highest BCUT2D eigenvalue weighted by molar-refractivity contribution is 6.30. The molecule has 78 valence electrons. The summed E-state index contributed by atoms with van der Waals surface area (Å²) >= 11 is 5.81. The van der Waals surface area contributed by atoms with Crippen molar-refractivity contribution in [2.45, 2.75) is 11.2 Å². The molecule has 0 aliphatic heterocycles. The lowest BCUT2D eigenvalue weighted by atomic mass is 9.92. The van der Waals surface area contributed by atoms with Crippen LogP contribution in [0, 0.1) is 0 Å². The summed E-state index contributed by atoms with van der Waals surface area (Å²) in [6.45, 7) is 0. The van der Waals surface area contributed by atoms with Crippen LogP contribution in [0.4, 0.5) is 4.39 Å². The third-order valence-corrected chi connectivity index (χ3v) is 2.90. The summed E-state index contributed by atoms with van der Waals surface area (Å²) < 4.78 is 14.1. The van der Waals surface area contributed by atoms with Crippen LogP contribution in [0.3, 0.4) is 0 Å². The normalized spacial score (nSPS) is 30.1. The second kappa shape index (κ2) is 3.80. The summed E-state index contributed by atoms with van der Waals surface area (Å²) in [5, 5.41) is -2.02. The Hall–Kier alpha value is -1.12. The van der Waals surface area contributed by atoms with E-state index in [4.69, 9.17) is 17.3 Å². The predicted molar refractivity (Wildman–Crippen MR) is 61.2 cm³/mol. The van der Waals surface area contributed by atoms with Crippen molar-refractivity contribution in [2.24, 2.45) is 5.73 Å². The first kappa shape index (κ1) is 10.4. The molecule has 3 heteroatoms. The number of benzene rings is 1. The molecule has 0 saturated carbocycles. The molecule has 1 aliphatic rings. The lowest BCUT2D eigenvalue weighted by Gasteiger charge is -2.28. The Morgan fingerprint density at radius 2 is 1.93 bits per heavy atom. The molecule has 0 aromatic heterocycles. The molecule has 0 saturated heterocycles. The molecule has 2 unspecified atom stereocenters. The van der Waals surface area contributed by atoms with E-state index >= 15 is 0 Å². The van der Waals surface area contributed by atoms with Crippen molar-refractivity contribution in [3.05, 3.63) is 54.1 Å². The van der Waals surface area contributed by atoms with E-state index in [1.54, 1.807) is 18.2 Å². The maximum absolute atomic E-state index is 14.1. The molecule has 0 radical (unpaired) electrons. The van der Waals surface area contributed by atoms with Gasteiger partial charge in [-0.3, -0.25) is 0 Å². The van der Waals surface area contributed by atoms with Crippen LogP contribution in [-0.2, 0) is 0 Å². The Morgan fingerprint density at radius 1 is 1.27 bits per heavy atom. The molecule has 0 heterocycles. The highest BCUT2D eigenvalue weighted by atomic mass is 35.5. The van der Waals surface area contributed by atoms with Gasteiger partial charge in [-0.1, -0.05) is 60.2 Å². The van der Waals surface area contributed by atoms with Gasteiger partial charge in [0.2, 0.25) is 5.13 Å². The fraction of sp³-hybridized carbons (Fsp3) is 0.167. The first-order valence-electron chi connectivity index (χ1n) is 4.70. The lowest BCUT2D eigenvalue weighted by Crippen LogP contribution is -2.40. The summed E-state index contributed by atoms with van der Waals surface area (Å²) in [6, 6.07) is 8.37. The number of halogens is 2. The Balaban J connectivity index is 2.45. The van der Waals surface area contributed by atoms with E-state index in [0.29, 0.717) is 5.57 Å². The molecule has 0 fully saturated rings.